The molecule has 1 aromatic heterocycles. The van der Waals surface area contributed by atoms with Crippen molar-refractivity contribution in [1.82, 2.24) is 10.3 Å². The van der Waals surface area contributed by atoms with Gasteiger partial charge >= 0.3 is 0 Å². The number of hydrogen-bond donors (Lipinski definition) is 2. The molecule has 0 saturated carbocycles. The van der Waals surface area contributed by atoms with Gasteiger partial charge in [-0.05, 0) is 43.5 Å². The van der Waals surface area contributed by atoms with Crippen LogP contribution in [0.4, 0.5) is 5.82 Å². The standard InChI is InChI=1S/C13H23N3O/c1-3-6-15-12(5-8-17-2)9-11-4-7-16-13(14)10-11/h4,7,10,12,15H,3,5-6,8-9H2,1-2H3,(H2,14,16). The maximum absolute atomic E-state index is 5.68. The van der Waals surface area contributed by atoms with E-state index in [9.17, 15) is 0 Å². The second kappa shape index (κ2) is 8.03. The monoisotopic (exact) mass is 237 g/mol. The molecule has 0 fully saturated rings. The Hall–Kier alpha value is -1.13. The predicted octanol–water partition coefficient (Wildman–Crippen LogP) is 1.61. The van der Waals surface area contributed by atoms with Gasteiger partial charge in [-0.15, -0.1) is 0 Å². The Labute approximate surface area is 104 Å². The number of nitrogens with one attached hydrogen (secondary N) is 1. The summed E-state index contributed by atoms with van der Waals surface area (Å²) in [5, 5.41) is 3.53. The van der Waals surface area contributed by atoms with Crippen LogP contribution in [0.25, 0.3) is 0 Å². The number of hydrogen-bond acceptors (Lipinski definition) is 4. The lowest BCUT2D eigenvalue weighted by molar-refractivity contribution is 0.182. The van der Waals surface area contributed by atoms with E-state index in [2.05, 4.69) is 17.2 Å². The minimum Gasteiger partial charge on any atom is -0.385 e. The summed E-state index contributed by atoms with van der Waals surface area (Å²) in [6.07, 6.45) is 4.88. The highest BCUT2D eigenvalue weighted by Crippen LogP contribution is 2.08. The fourth-order valence-corrected chi connectivity index (χ4v) is 1.79. The number of aromatic nitrogens is 1. The Kier molecular flexibility index (Phi) is 6.58. The van der Waals surface area contributed by atoms with Crippen LogP contribution in [0.15, 0.2) is 18.3 Å². The van der Waals surface area contributed by atoms with Crippen molar-refractivity contribution in [3.8, 4) is 0 Å². The summed E-state index contributed by atoms with van der Waals surface area (Å²) in [7, 11) is 1.74. The van der Waals surface area contributed by atoms with Crippen molar-refractivity contribution in [3.63, 3.8) is 0 Å². The number of rotatable bonds is 8. The first kappa shape index (κ1) is 13.9. The minimum atomic E-state index is 0.441. The van der Waals surface area contributed by atoms with Crippen molar-refractivity contribution < 1.29 is 4.74 Å². The van der Waals surface area contributed by atoms with Crippen molar-refractivity contribution in [2.45, 2.75) is 32.2 Å². The first-order valence-corrected chi connectivity index (χ1v) is 6.19. The fourth-order valence-electron chi connectivity index (χ4n) is 1.79. The summed E-state index contributed by atoms with van der Waals surface area (Å²) in [5.41, 5.74) is 6.90. The van der Waals surface area contributed by atoms with Crippen LogP contribution in [-0.4, -0.2) is 31.3 Å². The highest BCUT2D eigenvalue weighted by atomic mass is 16.5. The number of nitrogens with two attached hydrogens (primary N) is 1. The molecule has 1 unspecified atom stereocenters. The van der Waals surface area contributed by atoms with Gasteiger partial charge in [-0.25, -0.2) is 4.98 Å². The SMILES string of the molecule is CCCNC(CCOC)Cc1ccnc(N)c1. The Balaban J connectivity index is 2.51. The van der Waals surface area contributed by atoms with Gasteiger partial charge in [0.1, 0.15) is 5.82 Å². The molecular weight excluding hydrogens is 214 g/mol. The molecule has 0 aliphatic rings. The topological polar surface area (TPSA) is 60.2 Å². The lowest BCUT2D eigenvalue weighted by Crippen LogP contribution is -2.32. The number of anilines is 1. The third-order valence-electron chi connectivity index (χ3n) is 2.68. The van der Waals surface area contributed by atoms with Crippen LogP contribution in [0.2, 0.25) is 0 Å². The van der Waals surface area contributed by atoms with Gasteiger partial charge in [0.05, 0.1) is 0 Å². The zero-order valence-corrected chi connectivity index (χ0v) is 10.8. The average Bonchev–Trinajstić information content (AvgIpc) is 2.32. The number of ether oxygens (including phenoxy) is 1. The van der Waals surface area contributed by atoms with E-state index in [0.717, 1.165) is 32.4 Å². The van der Waals surface area contributed by atoms with Gasteiger partial charge in [-0.3, -0.25) is 0 Å². The molecule has 96 valence electrons. The molecule has 0 bridgehead atoms. The molecular formula is C13H23N3O. The summed E-state index contributed by atoms with van der Waals surface area (Å²) < 4.78 is 5.14. The molecule has 1 rings (SSSR count). The lowest BCUT2D eigenvalue weighted by Gasteiger charge is -2.18. The molecule has 4 heteroatoms. The van der Waals surface area contributed by atoms with Gasteiger partial charge < -0.3 is 15.8 Å². The Morgan fingerprint density at radius 1 is 1.53 bits per heavy atom. The molecule has 0 aliphatic carbocycles. The largest absolute Gasteiger partial charge is 0.385 e. The van der Waals surface area contributed by atoms with Crippen molar-refractivity contribution in [1.29, 1.82) is 0 Å². The molecule has 0 amide bonds. The van der Waals surface area contributed by atoms with Gasteiger partial charge in [-0.2, -0.15) is 0 Å². The van der Waals surface area contributed by atoms with Crippen LogP contribution in [0.3, 0.4) is 0 Å². The molecule has 0 radical (unpaired) electrons. The van der Waals surface area contributed by atoms with Gasteiger partial charge in [-0.1, -0.05) is 6.92 Å². The van der Waals surface area contributed by atoms with E-state index in [0.29, 0.717) is 11.9 Å². The van der Waals surface area contributed by atoms with Crippen molar-refractivity contribution in [2.75, 3.05) is 26.0 Å². The van der Waals surface area contributed by atoms with E-state index in [1.807, 2.05) is 12.1 Å². The normalized spacial score (nSPS) is 12.6. The van der Waals surface area contributed by atoms with Gasteiger partial charge in [0.2, 0.25) is 0 Å². The minimum absolute atomic E-state index is 0.441. The molecule has 1 atom stereocenters. The maximum atomic E-state index is 5.68. The summed E-state index contributed by atoms with van der Waals surface area (Å²) in [5.74, 6) is 0.587. The Morgan fingerprint density at radius 2 is 2.35 bits per heavy atom. The van der Waals surface area contributed by atoms with Crippen molar-refractivity contribution >= 4 is 5.82 Å². The summed E-state index contributed by atoms with van der Waals surface area (Å²) >= 11 is 0. The van der Waals surface area contributed by atoms with E-state index in [-0.39, 0.29) is 0 Å². The van der Waals surface area contributed by atoms with Crippen LogP contribution in [0.1, 0.15) is 25.3 Å². The van der Waals surface area contributed by atoms with E-state index in [1.165, 1.54) is 5.56 Å². The zero-order chi connectivity index (χ0) is 12.5. The highest BCUT2D eigenvalue weighted by molar-refractivity contribution is 5.32. The molecule has 17 heavy (non-hydrogen) atoms. The average molecular weight is 237 g/mol. The number of pyridine rings is 1. The molecule has 4 nitrogen and oxygen atoms in total. The van der Waals surface area contributed by atoms with Crippen LogP contribution in [-0.2, 0) is 11.2 Å². The Morgan fingerprint density at radius 3 is 3.00 bits per heavy atom. The molecule has 0 aromatic carbocycles. The number of nitrogen functional groups attached to an aromatic ring is 1. The maximum Gasteiger partial charge on any atom is 0.123 e. The molecule has 0 spiro atoms. The van der Waals surface area contributed by atoms with Gasteiger partial charge in [0.15, 0.2) is 0 Å². The third-order valence-corrected chi connectivity index (χ3v) is 2.68. The fraction of sp³-hybridized carbons (Fsp3) is 0.615. The predicted molar refractivity (Wildman–Crippen MR) is 70.9 cm³/mol. The summed E-state index contributed by atoms with van der Waals surface area (Å²) in [6.45, 7) is 3.99. The summed E-state index contributed by atoms with van der Waals surface area (Å²) in [4.78, 5) is 4.00. The van der Waals surface area contributed by atoms with Crippen molar-refractivity contribution in [2.24, 2.45) is 0 Å². The quantitative estimate of drug-likeness (QED) is 0.721. The van der Waals surface area contributed by atoms with Gasteiger partial charge in [0, 0.05) is 26.0 Å². The van der Waals surface area contributed by atoms with Crippen LogP contribution in [0, 0.1) is 0 Å². The first-order valence-electron chi connectivity index (χ1n) is 6.19. The van der Waals surface area contributed by atoms with Crippen LogP contribution < -0.4 is 11.1 Å². The van der Waals surface area contributed by atoms with E-state index in [4.69, 9.17) is 10.5 Å². The van der Waals surface area contributed by atoms with E-state index >= 15 is 0 Å². The first-order chi connectivity index (χ1) is 8.26. The molecule has 0 aliphatic heterocycles. The zero-order valence-electron chi connectivity index (χ0n) is 10.8. The van der Waals surface area contributed by atoms with Crippen LogP contribution in [0.5, 0.6) is 0 Å². The molecule has 0 saturated heterocycles. The van der Waals surface area contributed by atoms with Crippen molar-refractivity contribution in [3.05, 3.63) is 23.9 Å². The second-order valence-corrected chi connectivity index (χ2v) is 4.23. The molecule has 1 heterocycles. The smallest absolute Gasteiger partial charge is 0.123 e. The second-order valence-electron chi connectivity index (χ2n) is 4.23. The summed E-state index contributed by atoms with van der Waals surface area (Å²) in [6, 6.07) is 4.40. The van der Waals surface area contributed by atoms with E-state index < -0.39 is 0 Å². The number of nitrogens with zero attached hydrogens (tertiary/aromatic N) is 1. The highest BCUT2D eigenvalue weighted by Gasteiger charge is 2.08. The Bertz CT molecular complexity index is 309. The van der Waals surface area contributed by atoms with Gasteiger partial charge in [0.25, 0.3) is 0 Å². The number of methoxy groups -OCH3 is 1. The lowest BCUT2D eigenvalue weighted by atomic mass is 10.0. The molecule has 3 N–H and O–H groups in total. The molecule has 1 aromatic rings. The van der Waals surface area contributed by atoms with E-state index in [1.54, 1.807) is 13.3 Å². The van der Waals surface area contributed by atoms with Crippen LogP contribution >= 0.6 is 0 Å². The third kappa shape index (κ3) is 5.65.